The van der Waals surface area contributed by atoms with Gasteiger partial charge >= 0.3 is 5.97 Å². The Balaban J connectivity index is 1.47. The lowest BCUT2D eigenvalue weighted by molar-refractivity contribution is -0.137. The Morgan fingerprint density at radius 2 is 1.64 bits per heavy atom. The summed E-state index contributed by atoms with van der Waals surface area (Å²) >= 11 is 0. The van der Waals surface area contributed by atoms with Gasteiger partial charge in [0.05, 0.1) is 24.2 Å². The maximum Gasteiger partial charge on any atom is 0.330 e. The molecule has 2 aromatic carbocycles. The first kappa shape index (κ1) is 33.4. The van der Waals surface area contributed by atoms with Gasteiger partial charge in [-0.1, -0.05) is 108 Å². The number of rotatable bonds is 19. The number of ether oxygens (including phenoxy) is 2. The molecule has 0 N–H and O–H groups in total. The molecule has 2 aromatic rings. The normalized spacial score (nSPS) is 19.0. The zero-order chi connectivity index (χ0) is 30.0. The van der Waals surface area contributed by atoms with Crippen LogP contribution in [0.25, 0.3) is 11.1 Å². The van der Waals surface area contributed by atoms with E-state index in [0.29, 0.717) is 12.5 Å². The predicted molar refractivity (Wildman–Crippen MR) is 173 cm³/mol. The van der Waals surface area contributed by atoms with Gasteiger partial charge in [0.1, 0.15) is 5.75 Å². The number of benzene rings is 2. The summed E-state index contributed by atoms with van der Waals surface area (Å²) in [6.45, 7) is 8.35. The maximum absolute atomic E-state index is 11.1. The van der Waals surface area contributed by atoms with E-state index in [1.54, 1.807) is 0 Å². The lowest BCUT2D eigenvalue weighted by Crippen LogP contribution is -2.26. The van der Waals surface area contributed by atoms with Crippen molar-refractivity contribution in [1.82, 2.24) is 0 Å². The van der Waals surface area contributed by atoms with Gasteiger partial charge < -0.3 is 9.47 Å². The lowest BCUT2D eigenvalue weighted by Gasteiger charge is -2.36. The highest BCUT2D eigenvalue weighted by atomic mass is 16.5. The smallest absolute Gasteiger partial charge is 0.330 e. The van der Waals surface area contributed by atoms with E-state index in [2.05, 4.69) is 75.0 Å². The van der Waals surface area contributed by atoms with E-state index in [-0.39, 0.29) is 17.5 Å². The minimum atomic E-state index is -0.336. The summed E-state index contributed by atoms with van der Waals surface area (Å²) in [7, 11) is 0. The summed E-state index contributed by atoms with van der Waals surface area (Å²) in [4.78, 5) is 11.1. The van der Waals surface area contributed by atoms with Crippen molar-refractivity contribution in [2.24, 2.45) is 5.41 Å². The molecule has 1 aliphatic carbocycles. The van der Waals surface area contributed by atoms with Crippen molar-refractivity contribution in [2.75, 3.05) is 6.61 Å². The van der Waals surface area contributed by atoms with Crippen LogP contribution < -0.4 is 4.74 Å². The first-order valence-corrected chi connectivity index (χ1v) is 16.6. The second-order valence-corrected chi connectivity index (χ2v) is 12.2. The van der Waals surface area contributed by atoms with Crippen LogP contribution in [0.1, 0.15) is 128 Å². The van der Waals surface area contributed by atoms with Gasteiger partial charge in [0.15, 0.2) is 0 Å². The molecule has 1 saturated carbocycles. The third-order valence-corrected chi connectivity index (χ3v) is 8.91. The van der Waals surface area contributed by atoms with Gasteiger partial charge in [0, 0.05) is 6.08 Å². The highest BCUT2D eigenvalue weighted by Crippen LogP contribution is 2.46. The van der Waals surface area contributed by atoms with E-state index < -0.39 is 0 Å². The average molecular weight is 572 g/mol. The van der Waals surface area contributed by atoms with Crippen LogP contribution >= 0.6 is 0 Å². The van der Waals surface area contributed by atoms with Crippen LogP contribution in [0.4, 0.5) is 0 Å². The van der Waals surface area contributed by atoms with Crippen molar-refractivity contribution < 1.29 is 14.3 Å². The first-order valence-electron chi connectivity index (χ1n) is 16.6. The average Bonchev–Trinajstić information content (AvgIpc) is 3.03. The third kappa shape index (κ3) is 11.0. The standard InChI is InChI=1S/C38H53NO3/c1-4-7-12-26-38(30-39)27-14-16-34(29-38)33-20-18-31(19-21-33)32-22-24-36(25-23-32)42-35(15-5-2)17-11-9-8-10-13-28-41-37(40)6-3/h6,18-25,34-35H,3-5,7-17,26-29H2,1-2H3. The topological polar surface area (TPSA) is 59.3 Å². The molecule has 0 heterocycles. The second-order valence-electron chi connectivity index (χ2n) is 12.2. The number of nitrogens with zero attached hydrogens (tertiary/aromatic N) is 1. The van der Waals surface area contributed by atoms with Crippen LogP contribution in [0, 0.1) is 16.7 Å². The monoisotopic (exact) mass is 571 g/mol. The molecule has 0 radical (unpaired) electrons. The molecule has 0 bridgehead atoms. The second kappa shape index (κ2) is 18.5. The molecule has 3 atom stereocenters. The van der Waals surface area contributed by atoms with E-state index in [0.717, 1.165) is 76.4 Å². The molecule has 1 fully saturated rings. The fraction of sp³-hybridized carbons (Fsp3) is 0.579. The van der Waals surface area contributed by atoms with Gasteiger partial charge in [-0.25, -0.2) is 4.79 Å². The third-order valence-electron chi connectivity index (χ3n) is 8.91. The molecule has 0 aromatic heterocycles. The predicted octanol–water partition coefficient (Wildman–Crippen LogP) is 10.7. The lowest BCUT2D eigenvalue weighted by atomic mass is 9.66. The van der Waals surface area contributed by atoms with E-state index in [4.69, 9.17) is 9.47 Å². The van der Waals surface area contributed by atoms with Gasteiger partial charge in [0.2, 0.25) is 0 Å². The van der Waals surface area contributed by atoms with E-state index in [1.165, 1.54) is 54.9 Å². The van der Waals surface area contributed by atoms with Gasteiger partial charge in [-0.05, 0) is 86.1 Å². The molecule has 0 saturated heterocycles. The maximum atomic E-state index is 11.1. The fourth-order valence-corrected chi connectivity index (χ4v) is 6.43. The van der Waals surface area contributed by atoms with Gasteiger partial charge in [-0.15, -0.1) is 0 Å². The SMILES string of the molecule is C=CC(=O)OCCCCCCCC(CCC)Oc1ccc(-c2ccc(C3CCCC(C#N)(CCCCC)C3)cc2)cc1. The molecule has 0 aliphatic heterocycles. The minimum absolute atomic E-state index is 0.133. The number of hydrogen-bond donors (Lipinski definition) is 0. The molecule has 0 spiro atoms. The number of hydrogen-bond acceptors (Lipinski definition) is 4. The van der Waals surface area contributed by atoms with Gasteiger partial charge in [-0.3, -0.25) is 0 Å². The number of unbranched alkanes of at least 4 members (excludes halogenated alkanes) is 6. The number of nitriles is 1. The zero-order valence-electron chi connectivity index (χ0n) is 26.3. The van der Waals surface area contributed by atoms with Gasteiger partial charge in [-0.2, -0.15) is 5.26 Å². The summed E-state index contributed by atoms with van der Waals surface area (Å²) in [5.41, 5.74) is 3.67. The van der Waals surface area contributed by atoms with Crippen molar-refractivity contribution >= 4 is 5.97 Å². The molecule has 0 amide bonds. The van der Waals surface area contributed by atoms with Crippen molar-refractivity contribution in [3.05, 3.63) is 66.7 Å². The molecule has 1 aliphatic rings. The van der Waals surface area contributed by atoms with Crippen LogP contribution in [0.5, 0.6) is 5.75 Å². The zero-order valence-corrected chi connectivity index (χ0v) is 26.3. The summed E-state index contributed by atoms with van der Waals surface area (Å²) in [5, 5.41) is 10.0. The number of esters is 1. The molecule has 4 heteroatoms. The summed E-state index contributed by atoms with van der Waals surface area (Å²) in [6, 6.07) is 20.4. The molecule has 4 nitrogen and oxygen atoms in total. The Hall–Kier alpha value is -3.06. The summed E-state index contributed by atoms with van der Waals surface area (Å²) < 4.78 is 11.4. The Labute approximate surface area is 255 Å². The quantitative estimate of drug-likeness (QED) is 0.0956. The molecular formula is C38H53NO3. The van der Waals surface area contributed by atoms with Crippen molar-refractivity contribution in [2.45, 2.75) is 129 Å². The highest BCUT2D eigenvalue weighted by molar-refractivity contribution is 5.81. The van der Waals surface area contributed by atoms with Crippen molar-refractivity contribution in [3.63, 3.8) is 0 Å². The van der Waals surface area contributed by atoms with E-state index in [9.17, 15) is 10.1 Å². The Bertz CT molecular complexity index is 1100. The molecule has 3 unspecified atom stereocenters. The van der Waals surface area contributed by atoms with E-state index >= 15 is 0 Å². The molecule has 42 heavy (non-hydrogen) atoms. The highest BCUT2D eigenvalue weighted by Gasteiger charge is 2.36. The van der Waals surface area contributed by atoms with Crippen LogP contribution in [0.2, 0.25) is 0 Å². The Morgan fingerprint density at radius 3 is 2.31 bits per heavy atom. The first-order chi connectivity index (χ1) is 20.5. The Kier molecular flexibility index (Phi) is 14.7. The number of carbonyl (C=O) groups excluding carboxylic acids is 1. The minimum Gasteiger partial charge on any atom is -0.490 e. The van der Waals surface area contributed by atoms with Crippen LogP contribution in [0.15, 0.2) is 61.2 Å². The number of carbonyl (C=O) groups is 1. The summed E-state index contributed by atoms with van der Waals surface area (Å²) in [5.74, 6) is 1.09. The molecular weight excluding hydrogens is 518 g/mol. The largest absolute Gasteiger partial charge is 0.490 e. The van der Waals surface area contributed by atoms with Crippen molar-refractivity contribution in [3.8, 4) is 22.9 Å². The fourth-order valence-electron chi connectivity index (χ4n) is 6.43. The van der Waals surface area contributed by atoms with Gasteiger partial charge in [0.25, 0.3) is 0 Å². The summed E-state index contributed by atoms with van der Waals surface area (Å²) in [6.07, 6.45) is 19.2. The Morgan fingerprint density at radius 1 is 0.952 bits per heavy atom. The van der Waals surface area contributed by atoms with Crippen LogP contribution in [-0.4, -0.2) is 18.7 Å². The van der Waals surface area contributed by atoms with Crippen molar-refractivity contribution in [1.29, 1.82) is 5.26 Å². The van der Waals surface area contributed by atoms with E-state index in [1.807, 2.05) is 0 Å². The molecule has 228 valence electrons. The van der Waals surface area contributed by atoms with Crippen LogP contribution in [-0.2, 0) is 9.53 Å². The molecule has 3 rings (SSSR count). The van der Waals surface area contributed by atoms with Crippen LogP contribution in [0.3, 0.4) is 0 Å².